The molecule has 0 aliphatic heterocycles. The maximum absolute atomic E-state index is 12.9. The van der Waals surface area contributed by atoms with Gasteiger partial charge in [0, 0.05) is 25.7 Å². The summed E-state index contributed by atoms with van der Waals surface area (Å²) < 4.78 is 2.15. The molecule has 112 valence electrons. The van der Waals surface area contributed by atoms with Gasteiger partial charge in [-0.3, -0.25) is 4.79 Å². The van der Waals surface area contributed by atoms with E-state index in [0.717, 1.165) is 26.6 Å². The summed E-state index contributed by atoms with van der Waals surface area (Å²) in [5, 5.41) is 1.64. The van der Waals surface area contributed by atoms with Crippen LogP contribution in [0.15, 0.2) is 71.5 Å². The maximum Gasteiger partial charge on any atom is 0.195 e. The Labute approximate surface area is 138 Å². The Kier molecular flexibility index (Phi) is 3.47. The molecule has 0 amide bonds. The minimum absolute atomic E-state index is 0.134. The summed E-state index contributed by atoms with van der Waals surface area (Å²) in [7, 11) is 0. The first kappa shape index (κ1) is 14.2. The van der Waals surface area contributed by atoms with E-state index in [0.29, 0.717) is 0 Å². The quantitative estimate of drug-likeness (QED) is 0.437. The van der Waals surface area contributed by atoms with Crippen LogP contribution in [0.4, 0.5) is 0 Å². The van der Waals surface area contributed by atoms with Crippen molar-refractivity contribution in [1.29, 1.82) is 0 Å². The third kappa shape index (κ3) is 2.27. The zero-order valence-corrected chi connectivity index (χ0v) is 13.7. The van der Waals surface area contributed by atoms with Gasteiger partial charge >= 0.3 is 0 Å². The number of hydrogen-bond donors (Lipinski definition) is 0. The molecule has 0 fully saturated rings. The van der Waals surface area contributed by atoms with Crippen molar-refractivity contribution >= 4 is 31.5 Å². The van der Waals surface area contributed by atoms with E-state index in [9.17, 15) is 4.79 Å². The molecule has 0 unspecified atom stereocenters. The molecule has 23 heavy (non-hydrogen) atoms. The van der Waals surface area contributed by atoms with Crippen molar-refractivity contribution in [3.63, 3.8) is 0 Å². The smallest absolute Gasteiger partial charge is 0.195 e. The zero-order chi connectivity index (χ0) is 15.8. The lowest BCUT2D eigenvalue weighted by Gasteiger charge is -2.12. The molecule has 0 saturated carbocycles. The first-order valence-electron chi connectivity index (χ1n) is 7.82. The van der Waals surface area contributed by atoms with Gasteiger partial charge in [-0.1, -0.05) is 55.5 Å². The van der Waals surface area contributed by atoms with Crippen molar-refractivity contribution in [2.24, 2.45) is 0 Å². The van der Waals surface area contributed by atoms with Crippen molar-refractivity contribution in [2.45, 2.75) is 13.3 Å². The van der Waals surface area contributed by atoms with E-state index in [1.54, 1.807) is 11.3 Å². The van der Waals surface area contributed by atoms with Gasteiger partial charge in [0.05, 0.1) is 0 Å². The molecule has 4 rings (SSSR count). The molecule has 0 bridgehead atoms. The molecule has 4 aromatic rings. The average Bonchev–Trinajstić information content (AvgIpc) is 2.62. The standard InChI is InChI=1S/C21H16OS/c1-2-14-12-13-17-20(22)16-10-6-7-11-18(16)23-21(17)19(14)15-8-4-3-5-9-15/h3-13H,2H2,1H3. The molecule has 2 heteroatoms. The Morgan fingerprint density at radius 3 is 2.35 bits per heavy atom. The molecule has 3 aromatic carbocycles. The van der Waals surface area contributed by atoms with Gasteiger partial charge in [0.15, 0.2) is 5.43 Å². The molecule has 1 heterocycles. The molecule has 0 saturated heterocycles. The predicted octanol–water partition coefficient (Wildman–Crippen LogP) is 5.64. The second kappa shape index (κ2) is 5.64. The molecule has 0 spiro atoms. The highest BCUT2D eigenvalue weighted by atomic mass is 32.1. The highest BCUT2D eigenvalue weighted by Gasteiger charge is 2.13. The molecule has 1 nitrogen and oxygen atoms in total. The van der Waals surface area contributed by atoms with Crippen LogP contribution in [0.1, 0.15) is 12.5 Å². The molecule has 0 radical (unpaired) electrons. The Morgan fingerprint density at radius 2 is 1.57 bits per heavy atom. The molecule has 1 aromatic heterocycles. The first-order chi connectivity index (χ1) is 11.3. The summed E-state index contributed by atoms with van der Waals surface area (Å²) in [6.07, 6.45) is 0.952. The van der Waals surface area contributed by atoms with Gasteiger partial charge in [-0.15, -0.1) is 11.3 Å². The number of rotatable bonds is 2. The minimum atomic E-state index is 0.134. The minimum Gasteiger partial charge on any atom is -0.289 e. The summed E-state index contributed by atoms with van der Waals surface area (Å²) in [6, 6.07) is 22.4. The van der Waals surface area contributed by atoms with E-state index in [4.69, 9.17) is 0 Å². The third-order valence-corrected chi connectivity index (χ3v) is 5.48. The largest absolute Gasteiger partial charge is 0.289 e. The Bertz CT molecular complexity index is 1060. The highest BCUT2D eigenvalue weighted by Crippen LogP contribution is 2.36. The van der Waals surface area contributed by atoms with Gasteiger partial charge in [0.1, 0.15) is 0 Å². The Balaban J connectivity index is 2.21. The highest BCUT2D eigenvalue weighted by molar-refractivity contribution is 7.25. The van der Waals surface area contributed by atoms with E-state index in [-0.39, 0.29) is 5.43 Å². The molecular weight excluding hydrogens is 300 g/mol. The zero-order valence-electron chi connectivity index (χ0n) is 12.9. The summed E-state index contributed by atoms with van der Waals surface area (Å²) in [5.41, 5.74) is 3.81. The van der Waals surface area contributed by atoms with Gasteiger partial charge in [0.2, 0.25) is 0 Å². The second-order valence-corrected chi connectivity index (χ2v) is 6.68. The number of aryl methyl sites for hydroxylation is 1. The summed E-state index contributed by atoms with van der Waals surface area (Å²) in [5.74, 6) is 0. The van der Waals surface area contributed by atoms with E-state index < -0.39 is 0 Å². The molecule has 0 aliphatic carbocycles. The number of hydrogen-bond acceptors (Lipinski definition) is 2. The summed E-state index contributed by atoms with van der Waals surface area (Å²) in [4.78, 5) is 12.9. The van der Waals surface area contributed by atoms with Crippen molar-refractivity contribution < 1.29 is 0 Å². The van der Waals surface area contributed by atoms with Crippen LogP contribution in [0.5, 0.6) is 0 Å². The van der Waals surface area contributed by atoms with Gasteiger partial charge in [0.25, 0.3) is 0 Å². The monoisotopic (exact) mass is 316 g/mol. The molecular formula is C21H16OS. The second-order valence-electron chi connectivity index (χ2n) is 5.62. The molecule has 0 N–H and O–H groups in total. The normalized spacial score (nSPS) is 11.2. The fourth-order valence-electron chi connectivity index (χ4n) is 3.12. The van der Waals surface area contributed by atoms with Gasteiger partial charge in [-0.25, -0.2) is 0 Å². The van der Waals surface area contributed by atoms with Crippen LogP contribution in [0.3, 0.4) is 0 Å². The van der Waals surface area contributed by atoms with Crippen LogP contribution in [-0.2, 0) is 6.42 Å². The van der Waals surface area contributed by atoms with Crippen molar-refractivity contribution in [1.82, 2.24) is 0 Å². The SMILES string of the molecule is CCc1ccc2c(=O)c3ccccc3sc2c1-c1ccccc1. The van der Waals surface area contributed by atoms with Crippen LogP contribution in [0.2, 0.25) is 0 Å². The van der Waals surface area contributed by atoms with Gasteiger partial charge < -0.3 is 0 Å². The van der Waals surface area contributed by atoms with Gasteiger partial charge in [-0.05, 0) is 35.7 Å². The summed E-state index contributed by atoms with van der Waals surface area (Å²) >= 11 is 1.72. The van der Waals surface area contributed by atoms with Crippen molar-refractivity contribution in [3.8, 4) is 11.1 Å². The Hall–Kier alpha value is -2.45. The molecule has 0 atom stereocenters. The lowest BCUT2D eigenvalue weighted by Crippen LogP contribution is -2.02. The molecule has 0 aliphatic rings. The first-order valence-corrected chi connectivity index (χ1v) is 8.64. The van der Waals surface area contributed by atoms with Crippen molar-refractivity contribution in [3.05, 3.63) is 82.5 Å². The van der Waals surface area contributed by atoms with Crippen LogP contribution in [0.25, 0.3) is 31.3 Å². The predicted molar refractivity (Wildman–Crippen MR) is 100 cm³/mol. The Morgan fingerprint density at radius 1 is 0.826 bits per heavy atom. The number of benzene rings is 3. The van der Waals surface area contributed by atoms with Crippen LogP contribution in [-0.4, -0.2) is 0 Å². The van der Waals surface area contributed by atoms with Crippen LogP contribution >= 0.6 is 11.3 Å². The topological polar surface area (TPSA) is 17.1 Å². The maximum atomic E-state index is 12.9. The number of fused-ring (bicyclic) bond motifs is 2. The van der Waals surface area contributed by atoms with E-state index in [1.807, 2.05) is 36.4 Å². The fourth-order valence-corrected chi connectivity index (χ4v) is 4.38. The average molecular weight is 316 g/mol. The van der Waals surface area contributed by atoms with Crippen LogP contribution in [0, 0.1) is 0 Å². The summed E-state index contributed by atoms with van der Waals surface area (Å²) in [6.45, 7) is 2.16. The lowest BCUT2D eigenvalue weighted by molar-refractivity contribution is 1.15. The van der Waals surface area contributed by atoms with E-state index in [1.165, 1.54) is 16.7 Å². The van der Waals surface area contributed by atoms with Crippen LogP contribution < -0.4 is 5.43 Å². The van der Waals surface area contributed by atoms with Gasteiger partial charge in [-0.2, -0.15) is 0 Å². The fraction of sp³-hybridized carbons (Fsp3) is 0.0952. The lowest BCUT2D eigenvalue weighted by atomic mass is 9.96. The van der Waals surface area contributed by atoms with E-state index >= 15 is 0 Å². The van der Waals surface area contributed by atoms with E-state index in [2.05, 4.69) is 37.3 Å². The van der Waals surface area contributed by atoms with Crippen molar-refractivity contribution in [2.75, 3.05) is 0 Å². The third-order valence-electron chi connectivity index (χ3n) is 4.28.